The number of carbonyl (C=O) groups is 2. The molecule has 212 valence electrons. The average Bonchev–Trinajstić information content (AvgIpc) is 3.01. The molecular formula is C33H41N3O4. The number of urea groups is 1. The number of nitrogens with zero attached hydrogens (tertiary/aromatic N) is 1. The lowest BCUT2D eigenvalue weighted by molar-refractivity contribution is -0.127. The van der Waals surface area contributed by atoms with Crippen molar-refractivity contribution < 1.29 is 19.4 Å². The van der Waals surface area contributed by atoms with Crippen molar-refractivity contribution in [3.8, 4) is 0 Å². The van der Waals surface area contributed by atoms with Gasteiger partial charge in [0.15, 0.2) is 0 Å². The molecule has 3 N–H and O–H groups in total. The third kappa shape index (κ3) is 8.16. The highest BCUT2D eigenvalue weighted by molar-refractivity contribution is 5.80. The van der Waals surface area contributed by atoms with Gasteiger partial charge in [0.2, 0.25) is 5.91 Å². The summed E-state index contributed by atoms with van der Waals surface area (Å²) in [5, 5.41) is 16.0. The summed E-state index contributed by atoms with van der Waals surface area (Å²) in [7, 11) is 1.63. The van der Waals surface area contributed by atoms with Crippen LogP contribution in [0.4, 0.5) is 4.79 Å². The molecule has 3 aromatic carbocycles. The number of nitrogens with one attached hydrogen (secondary N) is 2. The number of methoxy groups -OCH3 is 1. The van der Waals surface area contributed by atoms with E-state index in [2.05, 4.69) is 34.9 Å². The van der Waals surface area contributed by atoms with Crippen LogP contribution >= 0.6 is 0 Å². The molecule has 0 aliphatic heterocycles. The lowest BCUT2D eigenvalue weighted by Gasteiger charge is -2.32. The van der Waals surface area contributed by atoms with Crippen LogP contribution in [-0.2, 0) is 22.6 Å². The van der Waals surface area contributed by atoms with Crippen molar-refractivity contribution in [2.24, 2.45) is 5.92 Å². The van der Waals surface area contributed by atoms with Crippen molar-refractivity contribution >= 4 is 11.9 Å². The molecule has 4 rings (SSSR count). The van der Waals surface area contributed by atoms with Gasteiger partial charge in [0.1, 0.15) is 0 Å². The Bertz CT molecular complexity index is 1190. The van der Waals surface area contributed by atoms with Gasteiger partial charge in [-0.25, -0.2) is 4.79 Å². The Kier molecular flexibility index (Phi) is 11.1. The second kappa shape index (κ2) is 15.2. The fourth-order valence-electron chi connectivity index (χ4n) is 5.47. The monoisotopic (exact) mass is 543 g/mol. The minimum Gasteiger partial charge on any atom is -0.394 e. The minimum atomic E-state index is -0.412. The first-order valence-corrected chi connectivity index (χ1v) is 14.2. The summed E-state index contributed by atoms with van der Waals surface area (Å²) in [5.74, 6) is -0.0199. The lowest BCUT2D eigenvalue weighted by atomic mass is 9.74. The third-order valence-electron chi connectivity index (χ3n) is 7.72. The summed E-state index contributed by atoms with van der Waals surface area (Å²) >= 11 is 0. The van der Waals surface area contributed by atoms with Crippen LogP contribution in [0.1, 0.15) is 59.9 Å². The molecule has 7 heteroatoms. The molecule has 3 unspecified atom stereocenters. The van der Waals surface area contributed by atoms with Crippen molar-refractivity contribution in [1.82, 2.24) is 15.5 Å². The first kappa shape index (κ1) is 29.3. The van der Waals surface area contributed by atoms with Crippen molar-refractivity contribution in [1.29, 1.82) is 0 Å². The number of aliphatic hydroxyl groups excluding tert-OH is 1. The smallest absolute Gasteiger partial charge is 0.318 e. The van der Waals surface area contributed by atoms with E-state index < -0.39 is 6.04 Å². The van der Waals surface area contributed by atoms with Crippen molar-refractivity contribution in [3.05, 3.63) is 107 Å². The number of benzene rings is 3. The molecule has 3 aromatic rings. The van der Waals surface area contributed by atoms with Gasteiger partial charge in [-0.3, -0.25) is 4.79 Å². The number of aliphatic hydroxyl groups is 1. The van der Waals surface area contributed by atoms with Crippen LogP contribution in [0, 0.1) is 5.92 Å². The van der Waals surface area contributed by atoms with E-state index in [-0.39, 0.29) is 30.4 Å². The molecule has 0 heterocycles. The topological polar surface area (TPSA) is 90.9 Å². The van der Waals surface area contributed by atoms with Gasteiger partial charge in [-0.05, 0) is 41.0 Å². The van der Waals surface area contributed by atoms with Gasteiger partial charge >= 0.3 is 6.03 Å². The Morgan fingerprint density at radius 3 is 2.27 bits per heavy atom. The van der Waals surface area contributed by atoms with Gasteiger partial charge in [0, 0.05) is 32.7 Å². The Balaban J connectivity index is 1.40. The first-order valence-electron chi connectivity index (χ1n) is 14.2. The number of carbonyl (C=O) groups excluding carboxylic acids is 2. The van der Waals surface area contributed by atoms with Gasteiger partial charge in [0.25, 0.3) is 0 Å². The molecular weight excluding hydrogens is 502 g/mol. The van der Waals surface area contributed by atoms with Crippen LogP contribution in [0.25, 0.3) is 0 Å². The molecule has 40 heavy (non-hydrogen) atoms. The van der Waals surface area contributed by atoms with E-state index in [1.165, 1.54) is 0 Å². The number of amides is 3. The quantitative estimate of drug-likeness (QED) is 0.294. The highest BCUT2D eigenvalue weighted by Crippen LogP contribution is 2.38. The second-order valence-corrected chi connectivity index (χ2v) is 10.5. The molecule has 0 aromatic heterocycles. The summed E-state index contributed by atoms with van der Waals surface area (Å²) in [6.45, 7) is 1.73. The third-order valence-corrected chi connectivity index (χ3v) is 7.72. The van der Waals surface area contributed by atoms with Gasteiger partial charge in [-0.1, -0.05) is 97.8 Å². The minimum absolute atomic E-state index is 0.00231. The van der Waals surface area contributed by atoms with Crippen LogP contribution in [0.2, 0.25) is 0 Å². The molecule has 0 radical (unpaired) electrons. The van der Waals surface area contributed by atoms with Crippen LogP contribution in [0.5, 0.6) is 0 Å². The Hall–Kier alpha value is -3.68. The van der Waals surface area contributed by atoms with Gasteiger partial charge in [-0.2, -0.15) is 0 Å². The van der Waals surface area contributed by atoms with Crippen LogP contribution in [0.3, 0.4) is 0 Å². The fraction of sp³-hybridized carbons (Fsp3) is 0.394. The van der Waals surface area contributed by atoms with Crippen molar-refractivity contribution in [2.75, 3.05) is 26.9 Å². The fourth-order valence-corrected chi connectivity index (χ4v) is 5.47. The van der Waals surface area contributed by atoms with Gasteiger partial charge in [-0.15, -0.1) is 0 Å². The Morgan fingerprint density at radius 2 is 1.60 bits per heavy atom. The molecule has 0 spiro atoms. The van der Waals surface area contributed by atoms with E-state index in [0.29, 0.717) is 26.2 Å². The zero-order valence-corrected chi connectivity index (χ0v) is 23.3. The van der Waals surface area contributed by atoms with Crippen LogP contribution in [0.15, 0.2) is 84.9 Å². The zero-order chi connectivity index (χ0) is 28.2. The summed E-state index contributed by atoms with van der Waals surface area (Å²) in [6, 6.07) is 27.2. The lowest BCUT2D eigenvalue weighted by Crippen LogP contribution is -2.41. The summed E-state index contributed by atoms with van der Waals surface area (Å²) in [6.07, 6.45) is 3.89. The molecule has 7 nitrogen and oxygen atoms in total. The summed E-state index contributed by atoms with van der Waals surface area (Å²) < 4.78 is 5.24. The molecule has 3 atom stereocenters. The predicted molar refractivity (Wildman–Crippen MR) is 157 cm³/mol. The molecule has 0 saturated heterocycles. The number of ether oxygens (including phenoxy) is 1. The largest absolute Gasteiger partial charge is 0.394 e. The van der Waals surface area contributed by atoms with E-state index in [1.807, 2.05) is 60.7 Å². The highest BCUT2D eigenvalue weighted by atomic mass is 16.5. The Labute approximate surface area is 237 Å². The van der Waals surface area contributed by atoms with E-state index in [9.17, 15) is 14.7 Å². The number of hydrogen-bond donors (Lipinski definition) is 3. The highest BCUT2D eigenvalue weighted by Gasteiger charge is 2.33. The number of hydrogen-bond acceptors (Lipinski definition) is 4. The molecule has 1 saturated carbocycles. The maximum atomic E-state index is 13.4. The normalized spacial score (nSPS) is 17.6. The van der Waals surface area contributed by atoms with Crippen molar-refractivity contribution in [2.45, 2.75) is 50.7 Å². The van der Waals surface area contributed by atoms with E-state index in [0.717, 1.165) is 47.9 Å². The molecule has 0 bridgehead atoms. The summed E-state index contributed by atoms with van der Waals surface area (Å²) in [5.41, 5.74) is 4.12. The van der Waals surface area contributed by atoms with E-state index >= 15 is 0 Å². The molecule has 1 aliphatic rings. The standard InChI is InChI=1S/C33H41N3O4/c1-40-21-20-36(33(39)34-22-25-10-4-2-5-11-25)23-26-16-18-27(19-17-26)29-14-8-9-15-30(29)32(38)35-31(24-37)28-12-6-3-7-13-28/h2-7,10-13,16-19,29-31,37H,8-9,14-15,20-24H2,1H3,(H,34,39)(H,35,38). The van der Waals surface area contributed by atoms with E-state index in [4.69, 9.17) is 4.74 Å². The van der Waals surface area contributed by atoms with Gasteiger partial charge < -0.3 is 25.4 Å². The molecule has 3 amide bonds. The molecule has 1 aliphatic carbocycles. The van der Waals surface area contributed by atoms with Crippen molar-refractivity contribution in [3.63, 3.8) is 0 Å². The Morgan fingerprint density at radius 1 is 0.925 bits per heavy atom. The zero-order valence-electron chi connectivity index (χ0n) is 23.3. The summed E-state index contributed by atoms with van der Waals surface area (Å²) in [4.78, 5) is 28.1. The molecule has 1 fully saturated rings. The maximum absolute atomic E-state index is 13.4. The van der Waals surface area contributed by atoms with Gasteiger partial charge in [0.05, 0.1) is 19.3 Å². The van der Waals surface area contributed by atoms with Crippen LogP contribution in [-0.4, -0.2) is 48.8 Å². The first-order chi connectivity index (χ1) is 19.6. The SMILES string of the molecule is COCCN(Cc1ccc(C2CCCCC2C(=O)NC(CO)c2ccccc2)cc1)C(=O)NCc1ccccc1. The number of rotatable bonds is 12. The predicted octanol–water partition coefficient (Wildman–Crippen LogP) is 5.17. The average molecular weight is 544 g/mol. The maximum Gasteiger partial charge on any atom is 0.318 e. The van der Waals surface area contributed by atoms with Crippen LogP contribution < -0.4 is 10.6 Å². The second-order valence-electron chi connectivity index (χ2n) is 10.5. The van der Waals surface area contributed by atoms with E-state index in [1.54, 1.807) is 12.0 Å².